The lowest BCUT2D eigenvalue weighted by Gasteiger charge is -2.04. The summed E-state index contributed by atoms with van der Waals surface area (Å²) in [5.41, 5.74) is 2.78. The van der Waals surface area contributed by atoms with Gasteiger partial charge in [-0.2, -0.15) is 0 Å². The van der Waals surface area contributed by atoms with Crippen LogP contribution in [0.4, 0.5) is 4.39 Å². The van der Waals surface area contributed by atoms with Crippen molar-refractivity contribution in [3.63, 3.8) is 0 Å². The molecule has 0 saturated heterocycles. The van der Waals surface area contributed by atoms with Crippen LogP contribution in [0.1, 0.15) is 12.0 Å². The van der Waals surface area contributed by atoms with Crippen molar-refractivity contribution in [2.24, 2.45) is 0 Å². The van der Waals surface area contributed by atoms with E-state index in [9.17, 15) is 14.0 Å². The fourth-order valence-corrected chi connectivity index (χ4v) is 1.82. The van der Waals surface area contributed by atoms with Crippen LogP contribution >= 0.6 is 0 Å². The van der Waals surface area contributed by atoms with E-state index in [0.29, 0.717) is 11.1 Å². The lowest BCUT2D eigenvalue weighted by molar-refractivity contribution is -0.131. The number of H-pyrrole nitrogens is 1. The van der Waals surface area contributed by atoms with Crippen molar-refractivity contribution in [1.82, 2.24) is 10.5 Å². The number of hydrogen-bond donors (Lipinski definition) is 2. The van der Waals surface area contributed by atoms with Crippen molar-refractivity contribution in [3.05, 3.63) is 46.0 Å². The van der Waals surface area contributed by atoms with Crippen molar-refractivity contribution >= 4 is 16.8 Å². The van der Waals surface area contributed by atoms with Crippen LogP contribution in [-0.4, -0.2) is 18.0 Å². The van der Waals surface area contributed by atoms with E-state index in [2.05, 4.69) is 15.3 Å². The van der Waals surface area contributed by atoms with E-state index in [-0.39, 0.29) is 24.3 Å². The maximum Gasteiger partial charge on any atom is 0.251 e. The van der Waals surface area contributed by atoms with Crippen LogP contribution < -0.4 is 11.0 Å². The second-order valence-corrected chi connectivity index (χ2v) is 4.08. The van der Waals surface area contributed by atoms with E-state index in [1.165, 1.54) is 19.2 Å². The molecule has 0 saturated carbocycles. The Labute approximate surface area is 108 Å². The molecule has 19 heavy (non-hydrogen) atoms. The first-order valence-electron chi connectivity index (χ1n) is 5.73. The molecule has 1 heterocycles. The first kappa shape index (κ1) is 13.2. The summed E-state index contributed by atoms with van der Waals surface area (Å²) in [6.07, 6.45) is 0.432. The van der Waals surface area contributed by atoms with E-state index in [0.717, 1.165) is 5.39 Å². The molecule has 0 spiro atoms. The fourth-order valence-electron chi connectivity index (χ4n) is 1.82. The molecular formula is C13H13FN2O3. The predicted octanol–water partition coefficient (Wildman–Crippen LogP) is 1.28. The largest absolute Gasteiger partial charge is 0.322 e. The van der Waals surface area contributed by atoms with Gasteiger partial charge in [0.05, 0.1) is 12.6 Å². The minimum atomic E-state index is -0.407. The third-order valence-corrected chi connectivity index (χ3v) is 2.72. The number of amides is 1. The molecule has 1 amide bonds. The predicted molar refractivity (Wildman–Crippen MR) is 68.0 cm³/mol. The van der Waals surface area contributed by atoms with Crippen molar-refractivity contribution in [3.8, 4) is 0 Å². The monoisotopic (exact) mass is 264 g/mol. The summed E-state index contributed by atoms with van der Waals surface area (Å²) in [5.74, 6) is -0.712. The standard InChI is InChI=1S/C13H13FN2O3/c1-19-16-12(17)5-3-9-6-8-2-4-10(14)7-11(8)15-13(9)18/h2,4,6-7H,3,5H2,1H3,(H,15,18)(H,16,17). The molecule has 0 aliphatic carbocycles. The Kier molecular flexibility index (Phi) is 3.91. The molecule has 100 valence electrons. The number of hydrogen-bond acceptors (Lipinski definition) is 3. The minimum absolute atomic E-state index is 0.142. The van der Waals surface area contributed by atoms with Crippen molar-refractivity contribution < 1.29 is 14.0 Å². The number of pyridine rings is 1. The maximum absolute atomic E-state index is 13.0. The number of hydroxylamine groups is 1. The van der Waals surface area contributed by atoms with Crippen molar-refractivity contribution in [2.45, 2.75) is 12.8 Å². The first-order chi connectivity index (χ1) is 9.10. The molecule has 2 rings (SSSR count). The van der Waals surface area contributed by atoms with Gasteiger partial charge in [0.25, 0.3) is 5.56 Å². The number of aromatic amines is 1. The molecule has 0 atom stereocenters. The molecule has 0 bridgehead atoms. The molecule has 0 radical (unpaired) electrons. The Morgan fingerprint density at radius 3 is 2.95 bits per heavy atom. The zero-order chi connectivity index (χ0) is 13.8. The van der Waals surface area contributed by atoms with Gasteiger partial charge in [0, 0.05) is 12.0 Å². The Bertz CT molecular complexity index is 666. The van der Waals surface area contributed by atoms with Gasteiger partial charge in [0.1, 0.15) is 5.82 Å². The van der Waals surface area contributed by atoms with Gasteiger partial charge >= 0.3 is 0 Å². The molecule has 0 fully saturated rings. The number of nitrogens with one attached hydrogen (secondary N) is 2. The number of halogens is 1. The Balaban J connectivity index is 2.24. The Morgan fingerprint density at radius 2 is 2.21 bits per heavy atom. The van der Waals surface area contributed by atoms with Crippen molar-refractivity contribution in [1.29, 1.82) is 0 Å². The minimum Gasteiger partial charge on any atom is -0.322 e. The maximum atomic E-state index is 13.0. The quantitative estimate of drug-likeness (QED) is 0.817. The number of carbonyl (C=O) groups is 1. The van der Waals surface area contributed by atoms with Crippen LogP contribution in [0, 0.1) is 5.82 Å². The molecule has 2 aromatic rings. The molecule has 0 aliphatic rings. The Hall–Kier alpha value is -2.21. The summed E-state index contributed by atoms with van der Waals surface area (Å²) in [6, 6.07) is 5.83. The molecule has 0 aliphatic heterocycles. The number of aryl methyl sites for hydroxylation is 1. The third kappa shape index (κ3) is 3.17. The number of carbonyl (C=O) groups excluding carboxylic acids is 1. The molecule has 6 heteroatoms. The summed E-state index contributed by atoms with van der Waals surface area (Å²) in [4.78, 5) is 30.1. The van der Waals surface area contributed by atoms with Crippen LogP contribution in [0.2, 0.25) is 0 Å². The number of benzene rings is 1. The number of aromatic nitrogens is 1. The third-order valence-electron chi connectivity index (χ3n) is 2.72. The summed E-state index contributed by atoms with van der Waals surface area (Å²) in [5, 5.41) is 0.725. The highest BCUT2D eigenvalue weighted by Crippen LogP contribution is 2.13. The van der Waals surface area contributed by atoms with Gasteiger partial charge in [-0.25, -0.2) is 9.87 Å². The zero-order valence-corrected chi connectivity index (χ0v) is 10.3. The van der Waals surface area contributed by atoms with Gasteiger partial charge in [-0.1, -0.05) is 0 Å². The summed E-state index contributed by atoms with van der Waals surface area (Å²) >= 11 is 0. The molecular weight excluding hydrogens is 251 g/mol. The van der Waals surface area contributed by atoms with E-state index in [4.69, 9.17) is 0 Å². The van der Waals surface area contributed by atoms with Crippen LogP contribution in [0.25, 0.3) is 10.9 Å². The molecule has 0 unspecified atom stereocenters. The number of rotatable bonds is 4. The van der Waals surface area contributed by atoms with Gasteiger partial charge in [0.2, 0.25) is 5.91 Å². The van der Waals surface area contributed by atoms with Crippen molar-refractivity contribution in [2.75, 3.05) is 7.11 Å². The highest BCUT2D eigenvalue weighted by atomic mass is 19.1. The SMILES string of the molecule is CONC(=O)CCc1cc2ccc(F)cc2[nH]c1=O. The smallest absolute Gasteiger partial charge is 0.251 e. The van der Waals surface area contributed by atoms with Crippen LogP contribution in [0.15, 0.2) is 29.1 Å². The molecule has 1 aromatic carbocycles. The fraction of sp³-hybridized carbons (Fsp3) is 0.231. The van der Waals surface area contributed by atoms with Gasteiger partial charge in [0.15, 0.2) is 0 Å². The highest BCUT2D eigenvalue weighted by molar-refractivity contribution is 5.79. The van der Waals surface area contributed by atoms with Gasteiger partial charge in [-0.15, -0.1) is 0 Å². The molecule has 1 aromatic heterocycles. The highest BCUT2D eigenvalue weighted by Gasteiger charge is 2.07. The number of fused-ring (bicyclic) bond motifs is 1. The molecule has 2 N–H and O–H groups in total. The summed E-state index contributed by atoms with van der Waals surface area (Å²) in [6.45, 7) is 0. The lowest BCUT2D eigenvalue weighted by atomic mass is 10.1. The van der Waals surface area contributed by atoms with E-state index >= 15 is 0 Å². The van der Waals surface area contributed by atoms with Crippen LogP contribution in [-0.2, 0) is 16.1 Å². The lowest BCUT2D eigenvalue weighted by Crippen LogP contribution is -2.23. The first-order valence-corrected chi connectivity index (χ1v) is 5.73. The second-order valence-electron chi connectivity index (χ2n) is 4.08. The van der Waals surface area contributed by atoms with E-state index < -0.39 is 5.82 Å². The average Bonchev–Trinajstić information content (AvgIpc) is 2.36. The zero-order valence-electron chi connectivity index (χ0n) is 10.3. The second kappa shape index (κ2) is 5.62. The summed E-state index contributed by atoms with van der Waals surface area (Å²) in [7, 11) is 1.34. The summed E-state index contributed by atoms with van der Waals surface area (Å²) < 4.78 is 13.0. The average molecular weight is 264 g/mol. The normalized spacial score (nSPS) is 10.6. The van der Waals surface area contributed by atoms with Gasteiger partial charge in [-0.05, 0) is 36.1 Å². The van der Waals surface area contributed by atoms with E-state index in [1.54, 1.807) is 12.1 Å². The van der Waals surface area contributed by atoms with Gasteiger partial charge < -0.3 is 4.98 Å². The van der Waals surface area contributed by atoms with E-state index in [1.807, 2.05) is 0 Å². The topological polar surface area (TPSA) is 71.2 Å². The van der Waals surface area contributed by atoms with Crippen LogP contribution in [0.3, 0.4) is 0 Å². The van der Waals surface area contributed by atoms with Crippen LogP contribution in [0.5, 0.6) is 0 Å². The van der Waals surface area contributed by atoms with Gasteiger partial charge in [-0.3, -0.25) is 14.4 Å². The Morgan fingerprint density at radius 1 is 1.42 bits per heavy atom. The molecule has 5 nitrogen and oxygen atoms in total.